The number of carbonyl (C=O) groups is 2. The van der Waals surface area contributed by atoms with Crippen molar-refractivity contribution in [2.24, 2.45) is 0 Å². The van der Waals surface area contributed by atoms with Crippen LogP contribution < -0.4 is 5.32 Å². The van der Waals surface area contributed by atoms with Gasteiger partial charge in [-0.3, -0.25) is 4.79 Å². The zero-order valence-corrected chi connectivity index (χ0v) is 18.5. The van der Waals surface area contributed by atoms with Gasteiger partial charge in [-0.25, -0.2) is 13.2 Å². The van der Waals surface area contributed by atoms with Crippen LogP contribution in [0, 0.1) is 0 Å². The zero-order chi connectivity index (χ0) is 21.9. The summed E-state index contributed by atoms with van der Waals surface area (Å²) in [6.07, 6.45) is 1.61. The summed E-state index contributed by atoms with van der Waals surface area (Å²) >= 11 is 12.2. The minimum atomic E-state index is -3.70. The fourth-order valence-electron chi connectivity index (χ4n) is 3.08. The molecule has 1 saturated heterocycles. The molecule has 1 aliphatic heterocycles. The van der Waals surface area contributed by atoms with Crippen LogP contribution in [0.1, 0.15) is 40.5 Å². The topological polar surface area (TPSA) is 92.8 Å². The summed E-state index contributed by atoms with van der Waals surface area (Å²) in [6.45, 7) is 2.75. The summed E-state index contributed by atoms with van der Waals surface area (Å²) in [4.78, 5) is 24.8. The monoisotopic (exact) mass is 470 g/mol. The van der Waals surface area contributed by atoms with Gasteiger partial charge < -0.3 is 10.1 Å². The van der Waals surface area contributed by atoms with E-state index >= 15 is 0 Å². The Balaban J connectivity index is 1.87. The first-order valence-electron chi connectivity index (χ1n) is 9.31. The number of benzene rings is 2. The summed E-state index contributed by atoms with van der Waals surface area (Å²) in [5, 5.41) is 2.90. The summed E-state index contributed by atoms with van der Waals surface area (Å²) in [7, 11) is -3.70. The maximum Gasteiger partial charge on any atom is 0.339 e. The quantitative estimate of drug-likeness (QED) is 0.638. The molecule has 0 aromatic heterocycles. The zero-order valence-electron chi connectivity index (χ0n) is 16.2. The van der Waals surface area contributed by atoms with Gasteiger partial charge in [0.25, 0.3) is 5.91 Å². The highest BCUT2D eigenvalue weighted by atomic mass is 35.5. The third kappa shape index (κ3) is 4.78. The molecule has 3 rings (SSSR count). The van der Waals surface area contributed by atoms with E-state index in [1.807, 2.05) is 0 Å². The van der Waals surface area contributed by atoms with Crippen molar-refractivity contribution in [3.8, 4) is 0 Å². The highest BCUT2D eigenvalue weighted by Crippen LogP contribution is 2.27. The van der Waals surface area contributed by atoms with Gasteiger partial charge in [-0.05, 0) is 56.2 Å². The predicted molar refractivity (Wildman–Crippen MR) is 115 cm³/mol. The van der Waals surface area contributed by atoms with Crippen LogP contribution in [0.3, 0.4) is 0 Å². The van der Waals surface area contributed by atoms with E-state index in [1.165, 1.54) is 40.7 Å². The summed E-state index contributed by atoms with van der Waals surface area (Å²) in [5.74, 6) is -1.23. The van der Waals surface area contributed by atoms with Crippen LogP contribution in [0.2, 0.25) is 10.0 Å². The first kappa shape index (κ1) is 22.6. The fraction of sp³-hybridized carbons (Fsp3) is 0.300. The molecule has 7 nitrogen and oxygen atoms in total. The Morgan fingerprint density at radius 3 is 2.33 bits per heavy atom. The van der Waals surface area contributed by atoms with Crippen LogP contribution in [-0.4, -0.2) is 44.3 Å². The first-order valence-corrected chi connectivity index (χ1v) is 11.5. The largest absolute Gasteiger partial charge is 0.462 e. The van der Waals surface area contributed by atoms with E-state index < -0.39 is 21.9 Å². The molecule has 2 aromatic rings. The fourth-order valence-corrected chi connectivity index (χ4v) is 5.03. The summed E-state index contributed by atoms with van der Waals surface area (Å²) in [5.41, 5.74) is 0.397. The summed E-state index contributed by atoms with van der Waals surface area (Å²) in [6, 6.07) is 8.38. The molecule has 0 atom stereocenters. The normalized spacial score (nSPS) is 14.5. The third-order valence-corrected chi connectivity index (χ3v) is 7.16. The molecule has 1 heterocycles. The lowest BCUT2D eigenvalue weighted by Crippen LogP contribution is -2.28. The molecule has 0 saturated carbocycles. The maximum absolute atomic E-state index is 12.8. The molecule has 1 amide bonds. The molecule has 0 radical (unpaired) electrons. The van der Waals surface area contributed by atoms with Crippen molar-refractivity contribution in [3.05, 3.63) is 57.6 Å². The van der Waals surface area contributed by atoms with Crippen LogP contribution >= 0.6 is 23.2 Å². The second kappa shape index (κ2) is 9.34. The van der Waals surface area contributed by atoms with Crippen molar-refractivity contribution in [3.63, 3.8) is 0 Å². The molecule has 0 unspecified atom stereocenters. The number of nitrogens with one attached hydrogen (secondary N) is 1. The SMILES string of the molecule is CCOC(=O)c1cc(NC(=O)c2cc(S(=O)(=O)N3CCCC3)ccc2Cl)ccc1Cl. The van der Waals surface area contributed by atoms with E-state index in [1.54, 1.807) is 6.92 Å². The van der Waals surface area contributed by atoms with E-state index in [-0.39, 0.29) is 38.4 Å². The average Bonchev–Trinajstić information content (AvgIpc) is 3.25. The van der Waals surface area contributed by atoms with Gasteiger partial charge >= 0.3 is 5.97 Å². The standard InChI is InChI=1S/C20H20Cl2N2O5S/c1-2-29-20(26)16-11-13(5-7-18(16)22)23-19(25)15-12-14(6-8-17(15)21)30(27,28)24-9-3-4-10-24/h5-8,11-12H,2-4,9-10H2,1H3,(H,23,25). The number of nitrogens with zero attached hydrogens (tertiary/aromatic N) is 1. The number of rotatable bonds is 6. The Hall–Kier alpha value is -2.13. The lowest BCUT2D eigenvalue weighted by atomic mass is 10.1. The van der Waals surface area contributed by atoms with Crippen molar-refractivity contribution >= 4 is 50.8 Å². The van der Waals surface area contributed by atoms with Crippen molar-refractivity contribution < 1.29 is 22.7 Å². The van der Waals surface area contributed by atoms with E-state index in [2.05, 4.69) is 5.32 Å². The first-order chi connectivity index (χ1) is 14.2. The molecule has 1 aliphatic rings. The molecule has 160 valence electrons. The van der Waals surface area contributed by atoms with E-state index in [0.717, 1.165) is 12.8 Å². The Morgan fingerprint density at radius 2 is 1.67 bits per heavy atom. The predicted octanol–water partition coefficient (Wildman–Crippen LogP) is 4.21. The van der Waals surface area contributed by atoms with Crippen molar-refractivity contribution in [2.75, 3.05) is 25.0 Å². The van der Waals surface area contributed by atoms with Crippen LogP contribution in [0.5, 0.6) is 0 Å². The van der Waals surface area contributed by atoms with E-state index in [0.29, 0.717) is 13.1 Å². The van der Waals surface area contributed by atoms with Crippen LogP contribution in [0.4, 0.5) is 5.69 Å². The number of hydrogen-bond donors (Lipinski definition) is 1. The summed E-state index contributed by atoms with van der Waals surface area (Å²) < 4.78 is 31.9. The molecular weight excluding hydrogens is 451 g/mol. The molecule has 30 heavy (non-hydrogen) atoms. The van der Waals surface area contributed by atoms with Crippen LogP contribution in [0.15, 0.2) is 41.3 Å². The number of esters is 1. The average molecular weight is 471 g/mol. The van der Waals surface area contributed by atoms with Gasteiger partial charge in [0.2, 0.25) is 10.0 Å². The van der Waals surface area contributed by atoms with E-state index in [9.17, 15) is 18.0 Å². The molecule has 0 spiro atoms. The smallest absolute Gasteiger partial charge is 0.339 e. The van der Waals surface area contributed by atoms with Crippen molar-refractivity contribution in [2.45, 2.75) is 24.7 Å². The van der Waals surface area contributed by atoms with Gasteiger partial charge in [-0.1, -0.05) is 23.2 Å². The Labute approximate surface area is 185 Å². The number of sulfonamides is 1. The highest BCUT2D eigenvalue weighted by Gasteiger charge is 2.28. The molecule has 2 aromatic carbocycles. The lowest BCUT2D eigenvalue weighted by Gasteiger charge is -2.16. The van der Waals surface area contributed by atoms with Crippen LogP contribution in [0.25, 0.3) is 0 Å². The number of halogens is 2. The molecular formula is C20H20Cl2N2O5S. The van der Waals surface area contributed by atoms with Gasteiger partial charge in [-0.15, -0.1) is 0 Å². The number of ether oxygens (including phenoxy) is 1. The number of anilines is 1. The van der Waals surface area contributed by atoms with Gasteiger partial charge in [-0.2, -0.15) is 4.31 Å². The van der Waals surface area contributed by atoms with Gasteiger partial charge in [0, 0.05) is 18.8 Å². The molecule has 0 aliphatic carbocycles. The lowest BCUT2D eigenvalue weighted by molar-refractivity contribution is 0.0526. The number of carbonyl (C=O) groups excluding carboxylic acids is 2. The molecule has 1 N–H and O–H groups in total. The molecule has 10 heteroatoms. The Morgan fingerprint density at radius 1 is 1.03 bits per heavy atom. The van der Waals surface area contributed by atoms with Crippen LogP contribution in [-0.2, 0) is 14.8 Å². The van der Waals surface area contributed by atoms with Crippen molar-refractivity contribution in [1.82, 2.24) is 4.31 Å². The van der Waals surface area contributed by atoms with E-state index in [4.69, 9.17) is 27.9 Å². The highest BCUT2D eigenvalue weighted by molar-refractivity contribution is 7.89. The Kier molecular flexibility index (Phi) is 7.02. The van der Waals surface area contributed by atoms with Gasteiger partial charge in [0.1, 0.15) is 0 Å². The van der Waals surface area contributed by atoms with Gasteiger partial charge in [0.05, 0.1) is 32.7 Å². The van der Waals surface area contributed by atoms with Crippen molar-refractivity contribution in [1.29, 1.82) is 0 Å². The maximum atomic E-state index is 12.8. The molecule has 0 bridgehead atoms. The van der Waals surface area contributed by atoms with Gasteiger partial charge in [0.15, 0.2) is 0 Å². The Bertz CT molecular complexity index is 1080. The molecule has 1 fully saturated rings. The number of amides is 1. The minimum Gasteiger partial charge on any atom is -0.462 e. The second-order valence-corrected chi connectivity index (χ2v) is 9.37. The minimum absolute atomic E-state index is 0.00210. The third-order valence-electron chi connectivity index (χ3n) is 4.60. The second-order valence-electron chi connectivity index (χ2n) is 6.62. The number of hydrogen-bond acceptors (Lipinski definition) is 5.